The maximum Gasteiger partial charge on any atom is 0.242 e. The summed E-state index contributed by atoms with van der Waals surface area (Å²) in [4.78, 5) is 0.858. The molecule has 0 saturated heterocycles. The Balaban J connectivity index is 2.12. The molecule has 0 aromatic carbocycles. The van der Waals surface area contributed by atoms with Crippen LogP contribution in [0, 0.1) is 5.41 Å². The van der Waals surface area contributed by atoms with Crippen molar-refractivity contribution in [1.82, 2.24) is 4.72 Å². The molecule has 0 aliphatic heterocycles. The van der Waals surface area contributed by atoms with Gasteiger partial charge in [0, 0.05) is 11.4 Å². The molecule has 0 atom stereocenters. The summed E-state index contributed by atoms with van der Waals surface area (Å²) in [5, 5.41) is 9.02. The smallest absolute Gasteiger partial charge is 0.242 e. The van der Waals surface area contributed by atoms with Gasteiger partial charge in [-0.15, -0.1) is 11.3 Å². The molecule has 1 fully saturated rings. The fraction of sp³-hybridized carbons (Fsp3) is 0.636. The highest BCUT2D eigenvalue weighted by atomic mass is 79.9. The molecule has 0 amide bonds. The van der Waals surface area contributed by atoms with Crippen LogP contribution in [-0.2, 0) is 16.6 Å². The minimum atomic E-state index is -3.49. The van der Waals surface area contributed by atoms with Crippen LogP contribution < -0.4 is 4.72 Å². The summed E-state index contributed by atoms with van der Waals surface area (Å²) in [5.74, 6) is 0. The van der Waals surface area contributed by atoms with Gasteiger partial charge in [-0.25, -0.2) is 13.1 Å². The molecular formula is C11H16BrNO3S2. The highest BCUT2D eigenvalue weighted by molar-refractivity contribution is 9.11. The monoisotopic (exact) mass is 353 g/mol. The fourth-order valence-corrected chi connectivity index (χ4v) is 5.70. The summed E-state index contributed by atoms with van der Waals surface area (Å²) in [6, 6.07) is 1.51. The van der Waals surface area contributed by atoms with Gasteiger partial charge >= 0.3 is 0 Å². The Morgan fingerprint density at radius 2 is 2.22 bits per heavy atom. The molecule has 102 valence electrons. The van der Waals surface area contributed by atoms with Crippen LogP contribution in [0.2, 0.25) is 0 Å². The second-order valence-corrected chi connectivity index (χ2v) is 9.19. The average Bonchev–Trinajstić information content (AvgIpc) is 2.66. The van der Waals surface area contributed by atoms with Gasteiger partial charge in [-0.05, 0) is 40.3 Å². The van der Waals surface area contributed by atoms with Crippen molar-refractivity contribution in [3.63, 3.8) is 0 Å². The predicted octanol–water partition coefficient (Wildman–Crippen LogP) is 2.47. The molecule has 7 heteroatoms. The number of aliphatic hydroxyl groups excluding tert-OH is 1. The minimum Gasteiger partial charge on any atom is -0.391 e. The van der Waals surface area contributed by atoms with Crippen molar-refractivity contribution in [2.45, 2.75) is 37.7 Å². The van der Waals surface area contributed by atoms with Crippen molar-refractivity contribution < 1.29 is 13.5 Å². The van der Waals surface area contributed by atoms with E-state index in [0.29, 0.717) is 15.2 Å². The summed E-state index contributed by atoms with van der Waals surface area (Å²) >= 11 is 4.48. The highest BCUT2D eigenvalue weighted by Crippen LogP contribution is 2.40. The van der Waals surface area contributed by atoms with Gasteiger partial charge in [0.2, 0.25) is 10.0 Å². The number of thiophene rings is 1. The fourth-order valence-electron chi connectivity index (χ4n) is 1.96. The molecule has 0 spiro atoms. The SMILES string of the molecule is CC1(CNS(=O)(=O)c2cc(CO)sc2Br)CCC1. The summed E-state index contributed by atoms with van der Waals surface area (Å²) in [6.45, 7) is 2.43. The van der Waals surface area contributed by atoms with E-state index in [9.17, 15) is 8.42 Å². The van der Waals surface area contributed by atoms with E-state index in [1.165, 1.54) is 23.8 Å². The number of sulfonamides is 1. The molecule has 1 aliphatic carbocycles. The van der Waals surface area contributed by atoms with Crippen molar-refractivity contribution >= 4 is 37.3 Å². The van der Waals surface area contributed by atoms with Crippen LogP contribution in [0.25, 0.3) is 0 Å². The van der Waals surface area contributed by atoms with Crippen molar-refractivity contribution in [1.29, 1.82) is 0 Å². The molecule has 2 N–H and O–H groups in total. The summed E-state index contributed by atoms with van der Waals surface area (Å²) in [7, 11) is -3.49. The predicted molar refractivity (Wildman–Crippen MR) is 75.1 cm³/mol. The van der Waals surface area contributed by atoms with E-state index < -0.39 is 10.0 Å². The number of hydrogen-bond donors (Lipinski definition) is 2. The van der Waals surface area contributed by atoms with Crippen LogP contribution >= 0.6 is 27.3 Å². The van der Waals surface area contributed by atoms with Crippen LogP contribution in [0.5, 0.6) is 0 Å². The Bertz CT molecular complexity index is 534. The van der Waals surface area contributed by atoms with E-state index >= 15 is 0 Å². The van der Waals surface area contributed by atoms with Gasteiger partial charge in [-0.3, -0.25) is 0 Å². The van der Waals surface area contributed by atoms with Crippen LogP contribution in [0.1, 0.15) is 31.1 Å². The normalized spacial score (nSPS) is 18.6. The number of aliphatic hydroxyl groups is 1. The van der Waals surface area contributed by atoms with Gasteiger partial charge in [0.25, 0.3) is 0 Å². The molecule has 1 aromatic rings. The van der Waals surface area contributed by atoms with E-state index in [0.717, 1.165) is 12.8 Å². The van der Waals surface area contributed by atoms with E-state index in [-0.39, 0.29) is 16.9 Å². The van der Waals surface area contributed by atoms with Gasteiger partial charge in [0.1, 0.15) is 4.90 Å². The van der Waals surface area contributed by atoms with Crippen molar-refractivity contribution in [3.8, 4) is 0 Å². The maximum atomic E-state index is 12.2. The largest absolute Gasteiger partial charge is 0.391 e. The zero-order valence-corrected chi connectivity index (χ0v) is 13.3. The number of hydrogen-bond acceptors (Lipinski definition) is 4. The van der Waals surface area contributed by atoms with Crippen LogP contribution in [0.3, 0.4) is 0 Å². The third kappa shape index (κ3) is 2.96. The van der Waals surface area contributed by atoms with Gasteiger partial charge in [-0.2, -0.15) is 0 Å². The average molecular weight is 354 g/mol. The lowest BCUT2D eigenvalue weighted by atomic mass is 9.71. The van der Waals surface area contributed by atoms with E-state index in [2.05, 4.69) is 27.6 Å². The van der Waals surface area contributed by atoms with E-state index in [1.807, 2.05) is 0 Å². The molecule has 1 aromatic heterocycles. The number of halogens is 1. The van der Waals surface area contributed by atoms with Crippen LogP contribution in [-0.4, -0.2) is 20.1 Å². The molecule has 2 rings (SSSR count). The molecule has 0 bridgehead atoms. The molecular weight excluding hydrogens is 338 g/mol. The molecule has 0 radical (unpaired) electrons. The van der Waals surface area contributed by atoms with Gasteiger partial charge in [0.15, 0.2) is 0 Å². The first kappa shape index (κ1) is 14.5. The summed E-state index contributed by atoms with van der Waals surface area (Å²) in [5.41, 5.74) is 0.107. The lowest BCUT2D eigenvalue weighted by Crippen LogP contribution is -2.39. The number of nitrogens with one attached hydrogen (secondary N) is 1. The van der Waals surface area contributed by atoms with Gasteiger partial charge in [0.05, 0.1) is 10.4 Å². The molecule has 1 aliphatic rings. The number of rotatable bonds is 5. The molecule has 4 nitrogen and oxygen atoms in total. The molecule has 1 saturated carbocycles. The van der Waals surface area contributed by atoms with Crippen LogP contribution in [0.15, 0.2) is 14.7 Å². The van der Waals surface area contributed by atoms with Gasteiger partial charge in [-0.1, -0.05) is 13.3 Å². The Morgan fingerprint density at radius 3 is 2.67 bits per heavy atom. The first-order valence-corrected chi connectivity index (χ1v) is 8.84. The topological polar surface area (TPSA) is 66.4 Å². The quantitative estimate of drug-likeness (QED) is 0.854. The van der Waals surface area contributed by atoms with Crippen LogP contribution in [0.4, 0.5) is 0 Å². The lowest BCUT2D eigenvalue weighted by Gasteiger charge is -2.38. The molecule has 18 heavy (non-hydrogen) atoms. The first-order valence-electron chi connectivity index (χ1n) is 5.75. The van der Waals surface area contributed by atoms with Crippen molar-refractivity contribution in [2.24, 2.45) is 5.41 Å². The minimum absolute atomic E-state index is 0.107. The van der Waals surface area contributed by atoms with Gasteiger partial charge < -0.3 is 5.11 Å². The molecule has 1 heterocycles. The third-order valence-corrected chi connectivity index (χ3v) is 7.04. The summed E-state index contributed by atoms with van der Waals surface area (Å²) < 4.78 is 27.5. The van der Waals surface area contributed by atoms with Crippen molar-refractivity contribution in [2.75, 3.05) is 6.54 Å². The lowest BCUT2D eigenvalue weighted by molar-refractivity contribution is 0.166. The molecule has 0 unspecified atom stereocenters. The second-order valence-electron chi connectivity index (χ2n) is 5.00. The zero-order valence-electron chi connectivity index (χ0n) is 10.1. The summed E-state index contributed by atoms with van der Waals surface area (Å²) in [6.07, 6.45) is 3.32. The third-order valence-electron chi connectivity index (χ3n) is 3.40. The van der Waals surface area contributed by atoms with E-state index in [1.54, 1.807) is 0 Å². The zero-order chi connectivity index (χ0) is 13.4. The highest BCUT2D eigenvalue weighted by Gasteiger charge is 2.33. The first-order chi connectivity index (χ1) is 8.36. The Morgan fingerprint density at radius 1 is 1.56 bits per heavy atom. The second kappa shape index (κ2) is 5.20. The van der Waals surface area contributed by atoms with E-state index in [4.69, 9.17) is 5.11 Å². The standard InChI is InChI=1S/C11H16BrNO3S2/c1-11(3-2-4-11)7-13-18(15,16)9-5-8(6-14)17-10(9)12/h5,13-14H,2-4,6-7H2,1H3. The maximum absolute atomic E-state index is 12.2. The Labute approximate surface area is 120 Å². The van der Waals surface area contributed by atoms with Crippen molar-refractivity contribution in [3.05, 3.63) is 14.7 Å². The Kier molecular flexibility index (Phi) is 4.18. The Hall–Kier alpha value is 0.0500.